The van der Waals surface area contributed by atoms with Crippen LogP contribution in [-0.4, -0.2) is 16.4 Å². The summed E-state index contributed by atoms with van der Waals surface area (Å²) in [6.07, 6.45) is 4.24. The number of hydrogen-bond donors (Lipinski definition) is 2. The van der Waals surface area contributed by atoms with Crippen molar-refractivity contribution in [3.63, 3.8) is 0 Å². The number of aryl methyl sites for hydroxylation is 1. The zero-order valence-electron chi connectivity index (χ0n) is 12.0. The Morgan fingerprint density at radius 1 is 1.47 bits per heavy atom. The second-order valence-corrected chi connectivity index (χ2v) is 5.97. The van der Waals surface area contributed by atoms with Gasteiger partial charge in [0.1, 0.15) is 5.82 Å². The molecule has 0 unspecified atom stereocenters. The summed E-state index contributed by atoms with van der Waals surface area (Å²) < 4.78 is 0. The highest BCUT2D eigenvalue weighted by molar-refractivity contribution is 5.95. The van der Waals surface area contributed by atoms with E-state index in [1.54, 1.807) is 6.07 Å². The van der Waals surface area contributed by atoms with E-state index >= 15 is 0 Å². The zero-order valence-corrected chi connectivity index (χ0v) is 12.0. The lowest BCUT2D eigenvalue weighted by Gasteiger charge is -2.26. The molecule has 4 heteroatoms. The van der Waals surface area contributed by atoms with Crippen LogP contribution in [-0.2, 0) is 6.42 Å². The van der Waals surface area contributed by atoms with Crippen LogP contribution in [0.25, 0.3) is 0 Å². The third kappa shape index (κ3) is 3.46. The van der Waals surface area contributed by atoms with Crippen molar-refractivity contribution in [2.24, 2.45) is 5.92 Å². The highest BCUT2D eigenvalue weighted by Crippen LogP contribution is 2.39. The van der Waals surface area contributed by atoms with E-state index in [9.17, 15) is 4.79 Å². The molecule has 1 aromatic rings. The Morgan fingerprint density at radius 3 is 2.74 bits per heavy atom. The molecule has 0 aromatic carbocycles. The number of pyridine rings is 1. The van der Waals surface area contributed by atoms with Gasteiger partial charge in [0.15, 0.2) is 0 Å². The van der Waals surface area contributed by atoms with Gasteiger partial charge in [-0.2, -0.15) is 0 Å². The molecule has 1 amide bonds. The summed E-state index contributed by atoms with van der Waals surface area (Å²) >= 11 is 0. The second-order valence-electron chi connectivity index (χ2n) is 5.97. The number of aromatic nitrogens is 1. The highest BCUT2D eigenvalue weighted by Gasteiger charge is 2.38. The number of nitrogens with one attached hydrogen (secondary N) is 1. The Balaban J connectivity index is 2.13. The molecule has 0 bridgehead atoms. The molecule has 1 aliphatic carbocycles. The van der Waals surface area contributed by atoms with Gasteiger partial charge in [-0.3, -0.25) is 4.79 Å². The maximum atomic E-state index is 12.3. The monoisotopic (exact) mass is 261 g/mol. The molecule has 0 saturated heterocycles. The molecule has 2 rings (SSSR count). The van der Waals surface area contributed by atoms with E-state index in [2.05, 4.69) is 31.1 Å². The molecule has 1 fully saturated rings. The van der Waals surface area contributed by atoms with Crippen LogP contribution in [0.5, 0.6) is 0 Å². The summed E-state index contributed by atoms with van der Waals surface area (Å²) in [4.78, 5) is 16.6. The topological polar surface area (TPSA) is 68.0 Å². The smallest absolute Gasteiger partial charge is 0.251 e. The van der Waals surface area contributed by atoms with Crippen LogP contribution in [0.2, 0.25) is 0 Å². The van der Waals surface area contributed by atoms with E-state index in [-0.39, 0.29) is 11.4 Å². The number of amides is 1. The molecule has 104 valence electrons. The molecule has 0 radical (unpaired) electrons. The van der Waals surface area contributed by atoms with Crippen molar-refractivity contribution < 1.29 is 4.79 Å². The molecule has 1 heterocycles. The van der Waals surface area contributed by atoms with Gasteiger partial charge < -0.3 is 11.1 Å². The van der Waals surface area contributed by atoms with Crippen LogP contribution < -0.4 is 11.1 Å². The number of nitrogens with zero attached hydrogens (tertiary/aromatic N) is 1. The highest BCUT2D eigenvalue weighted by atomic mass is 16.1. The third-order valence-corrected chi connectivity index (χ3v) is 3.70. The van der Waals surface area contributed by atoms with Crippen molar-refractivity contribution in [2.75, 3.05) is 5.73 Å². The number of nitrogen functional groups attached to an aromatic ring is 1. The standard InChI is InChI=1S/C15H23N3O/c1-4-5-12-8-10(9-13(16)17-12)14(19)18-15(2,3)11-6-7-11/h8-9,11H,4-7H2,1-3H3,(H2,16,17)(H,18,19). The predicted octanol–water partition coefficient (Wildman–Crippen LogP) is 2.53. The van der Waals surface area contributed by atoms with Gasteiger partial charge in [-0.15, -0.1) is 0 Å². The number of anilines is 1. The molecular formula is C15H23N3O. The molecule has 1 aliphatic rings. The Kier molecular flexibility index (Phi) is 3.78. The van der Waals surface area contributed by atoms with E-state index in [0.29, 0.717) is 17.3 Å². The van der Waals surface area contributed by atoms with Crippen molar-refractivity contribution in [2.45, 2.75) is 52.0 Å². The normalized spacial score (nSPS) is 15.3. The fraction of sp³-hybridized carbons (Fsp3) is 0.600. The SMILES string of the molecule is CCCc1cc(C(=O)NC(C)(C)C2CC2)cc(N)n1. The van der Waals surface area contributed by atoms with Crippen molar-refractivity contribution >= 4 is 11.7 Å². The molecule has 19 heavy (non-hydrogen) atoms. The van der Waals surface area contributed by atoms with Crippen LogP contribution in [0.3, 0.4) is 0 Å². The minimum absolute atomic E-state index is 0.0525. The number of nitrogens with two attached hydrogens (primary N) is 1. The maximum Gasteiger partial charge on any atom is 0.251 e. The number of hydrogen-bond acceptors (Lipinski definition) is 3. The lowest BCUT2D eigenvalue weighted by atomic mass is 9.98. The lowest BCUT2D eigenvalue weighted by molar-refractivity contribution is 0.0903. The Labute approximate surface area is 114 Å². The first kappa shape index (κ1) is 13.8. The van der Waals surface area contributed by atoms with Gasteiger partial charge in [0.25, 0.3) is 5.91 Å². The quantitative estimate of drug-likeness (QED) is 0.855. The summed E-state index contributed by atoms with van der Waals surface area (Å²) in [5.74, 6) is 0.967. The predicted molar refractivity (Wildman–Crippen MR) is 76.9 cm³/mol. The zero-order chi connectivity index (χ0) is 14.0. The summed E-state index contributed by atoms with van der Waals surface area (Å²) in [6.45, 7) is 6.25. The molecule has 0 aliphatic heterocycles. The fourth-order valence-electron chi connectivity index (χ4n) is 2.40. The number of carbonyl (C=O) groups excluding carboxylic acids is 1. The van der Waals surface area contributed by atoms with E-state index in [1.807, 2.05) is 6.07 Å². The maximum absolute atomic E-state index is 12.3. The van der Waals surface area contributed by atoms with Gasteiger partial charge in [0.2, 0.25) is 0 Å². The summed E-state index contributed by atoms with van der Waals surface area (Å²) in [5, 5.41) is 3.11. The largest absolute Gasteiger partial charge is 0.384 e. The van der Waals surface area contributed by atoms with E-state index in [0.717, 1.165) is 18.5 Å². The minimum Gasteiger partial charge on any atom is -0.384 e. The molecular weight excluding hydrogens is 238 g/mol. The van der Waals surface area contributed by atoms with Crippen LogP contribution in [0.1, 0.15) is 56.1 Å². The molecule has 0 atom stereocenters. The van der Waals surface area contributed by atoms with Gasteiger partial charge in [-0.05, 0) is 51.2 Å². The van der Waals surface area contributed by atoms with Crippen molar-refractivity contribution in [3.8, 4) is 0 Å². The van der Waals surface area contributed by atoms with Crippen LogP contribution >= 0.6 is 0 Å². The Hall–Kier alpha value is -1.58. The number of carbonyl (C=O) groups is 1. The minimum atomic E-state index is -0.139. The average Bonchev–Trinajstić information content (AvgIpc) is 3.11. The van der Waals surface area contributed by atoms with Gasteiger partial charge in [-0.25, -0.2) is 4.98 Å². The van der Waals surface area contributed by atoms with Gasteiger partial charge >= 0.3 is 0 Å². The van der Waals surface area contributed by atoms with Crippen LogP contribution in [0.15, 0.2) is 12.1 Å². The first-order valence-corrected chi connectivity index (χ1v) is 7.01. The lowest BCUT2D eigenvalue weighted by Crippen LogP contribution is -2.45. The molecule has 0 spiro atoms. The Morgan fingerprint density at radius 2 is 2.16 bits per heavy atom. The summed E-state index contributed by atoms with van der Waals surface area (Å²) in [6, 6.07) is 3.50. The van der Waals surface area contributed by atoms with E-state index in [4.69, 9.17) is 5.73 Å². The van der Waals surface area contributed by atoms with Crippen LogP contribution in [0.4, 0.5) is 5.82 Å². The molecule has 3 N–H and O–H groups in total. The van der Waals surface area contributed by atoms with Crippen LogP contribution in [0, 0.1) is 5.92 Å². The molecule has 1 saturated carbocycles. The average molecular weight is 261 g/mol. The van der Waals surface area contributed by atoms with E-state index < -0.39 is 0 Å². The number of rotatable bonds is 5. The van der Waals surface area contributed by atoms with Gasteiger partial charge in [0, 0.05) is 16.8 Å². The van der Waals surface area contributed by atoms with Crippen molar-refractivity contribution in [1.82, 2.24) is 10.3 Å². The second kappa shape index (κ2) is 5.19. The fourth-order valence-corrected chi connectivity index (χ4v) is 2.40. The Bertz CT molecular complexity index is 478. The molecule has 4 nitrogen and oxygen atoms in total. The summed E-state index contributed by atoms with van der Waals surface area (Å²) in [5.41, 5.74) is 7.13. The first-order chi connectivity index (χ1) is 8.92. The van der Waals surface area contributed by atoms with Gasteiger partial charge in [0.05, 0.1) is 0 Å². The first-order valence-electron chi connectivity index (χ1n) is 7.01. The van der Waals surface area contributed by atoms with Gasteiger partial charge in [-0.1, -0.05) is 13.3 Å². The third-order valence-electron chi connectivity index (χ3n) is 3.70. The molecule has 1 aromatic heterocycles. The van der Waals surface area contributed by atoms with Crippen molar-refractivity contribution in [3.05, 3.63) is 23.4 Å². The summed E-state index contributed by atoms with van der Waals surface area (Å²) in [7, 11) is 0. The van der Waals surface area contributed by atoms with Crippen molar-refractivity contribution in [1.29, 1.82) is 0 Å². The van der Waals surface area contributed by atoms with E-state index in [1.165, 1.54) is 12.8 Å².